The van der Waals surface area contributed by atoms with E-state index in [1.807, 2.05) is 6.07 Å². The summed E-state index contributed by atoms with van der Waals surface area (Å²) in [5, 5.41) is 0.515. The number of nitrogens with zero attached hydrogens (tertiary/aromatic N) is 3. The van der Waals surface area contributed by atoms with Crippen molar-refractivity contribution in [3.05, 3.63) is 69.7 Å². The molecule has 1 aromatic carbocycles. The summed E-state index contributed by atoms with van der Waals surface area (Å²) >= 11 is 0. The van der Waals surface area contributed by atoms with Gasteiger partial charge in [0.15, 0.2) is 5.65 Å². The normalized spacial score (nSPS) is 17.0. The Balaban J connectivity index is 1.80. The van der Waals surface area contributed by atoms with Crippen LogP contribution in [0.2, 0.25) is 0 Å². The monoisotopic (exact) mass is 323 g/mol. The minimum Gasteiger partial charge on any atom is -0.294 e. The molecule has 5 heteroatoms. The Labute approximate surface area is 139 Å². The van der Waals surface area contributed by atoms with Crippen LogP contribution in [0.1, 0.15) is 30.2 Å². The second kappa shape index (κ2) is 5.82. The lowest BCUT2D eigenvalue weighted by Crippen LogP contribution is -2.23. The Bertz CT molecular complexity index is 980. The third-order valence-corrected chi connectivity index (χ3v) is 4.72. The summed E-state index contributed by atoms with van der Waals surface area (Å²) in [7, 11) is 0. The van der Waals surface area contributed by atoms with E-state index in [9.17, 15) is 9.18 Å². The van der Waals surface area contributed by atoms with Crippen molar-refractivity contribution in [1.82, 2.24) is 14.5 Å². The van der Waals surface area contributed by atoms with Crippen molar-refractivity contribution in [2.45, 2.75) is 32.7 Å². The van der Waals surface area contributed by atoms with E-state index in [2.05, 4.69) is 16.9 Å². The zero-order valence-electron chi connectivity index (χ0n) is 13.5. The van der Waals surface area contributed by atoms with Crippen molar-refractivity contribution < 1.29 is 4.39 Å². The highest BCUT2D eigenvalue weighted by Crippen LogP contribution is 2.25. The van der Waals surface area contributed by atoms with E-state index in [4.69, 9.17) is 0 Å². The molecule has 4 rings (SSSR count). The smallest absolute Gasteiger partial charge is 0.263 e. The second-order valence-electron chi connectivity index (χ2n) is 6.58. The lowest BCUT2D eigenvalue weighted by atomic mass is 9.87. The molecule has 2 heterocycles. The van der Waals surface area contributed by atoms with E-state index in [0.717, 1.165) is 30.5 Å². The number of fused-ring (bicyclic) bond motifs is 2. The standard InChI is InChI=1S/C19H18FN3O/c1-12-6-7-17-14(8-12)9-15-18(22-17)21-11-23(19(15)24)10-13-4-2-3-5-16(13)20/h2-5,9,11-12H,6-8,10H2,1H3. The van der Waals surface area contributed by atoms with Crippen molar-refractivity contribution in [1.29, 1.82) is 0 Å². The van der Waals surface area contributed by atoms with Gasteiger partial charge in [-0.3, -0.25) is 9.36 Å². The van der Waals surface area contributed by atoms with E-state index in [1.54, 1.807) is 18.2 Å². The molecule has 2 aromatic heterocycles. The molecule has 122 valence electrons. The number of benzene rings is 1. The predicted octanol–water partition coefficient (Wildman–Crippen LogP) is 3.10. The molecular weight excluding hydrogens is 305 g/mol. The van der Waals surface area contributed by atoms with Gasteiger partial charge in [0.05, 0.1) is 11.9 Å². The highest BCUT2D eigenvalue weighted by atomic mass is 19.1. The summed E-state index contributed by atoms with van der Waals surface area (Å²) < 4.78 is 15.3. The predicted molar refractivity (Wildman–Crippen MR) is 90.5 cm³/mol. The zero-order valence-corrected chi connectivity index (χ0v) is 13.5. The Hall–Kier alpha value is -2.56. The van der Waals surface area contributed by atoms with Crippen LogP contribution in [0.25, 0.3) is 11.0 Å². The Morgan fingerprint density at radius 3 is 3.00 bits per heavy atom. The van der Waals surface area contributed by atoms with E-state index in [1.165, 1.54) is 17.0 Å². The van der Waals surface area contributed by atoms with Gasteiger partial charge in [0.25, 0.3) is 5.56 Å². The number of aromatic nitrogens is 3. The summed E-state index contributed by atoms with van der Waals surface area (Å²) in [6, 6.07) is 8.41. The van der Waals surface area contributed by atoms with Crippen LogP contribution < -0.4 is 5.56 Å². The topological polar surface area (TPSA) is 47.8 Å². The van der Waals surface area contributed by atoms with E-state index >= 15 is 0 Å². The van der Waals surface area contributed by atoms with Crippen LogP contribution in [-0.4, -0.2) is 14.5 Å². The maximum Gasteiger partial charge on any atom is 0.263 e. The van der Waals surface area contributed by atoms with E-state index in [0.29, 0.717) is 22.5 Å². The molecule has 24 heavy (non-hydrogen) atoms. The van der Waals surface area contributed by atoms with Gasteiger partial charge >= 0.3 is 0 Å². The molecule has 0 aliphatic heterocycles. The van der Waals surface area contributed by atoms with Gasteiger partial charge in [-0.1, -0.05) is 25.1 Å². The molecule has 0 fully saturated rings. The molecule has 0 amide bonds. The Morgan fingerprint density at radius 2 is 2.17 bits per heavy atom. The Kier molecular flexibility index (Phi) is 3.63. The number of hydrogen-bond acceptors (Lipinski definition) is 3. The van der Waals surface area contributed by atoms with Gasteiger partial charge in [0.1, 0.15) is 12.1 Å². The summed E-state index contributed by atoms with van der Waals surface area (Å²) in [5.74, 6) is 0.288. The quantitative estimate of drug-likeness (QED) is 0.728. The number of pyridine rings is 1. The van der Waals surface area contributed by atoms with Gasteiger partial charge < -0.3 is 0 Å². The van der Waals surface area contributed by atoms with Crippen molar-refractivity contribution in [3.63, 3.8) is 0 Å². The van der Waals surface area contributed by atoms with Crippen LogP contribution in [0.15, 0.2) is 41.5 Å². The van der Waals surface area contributed by atoms with Crippen LogP contribution in [0.3, 0.4) is 0 Å². The third-order valence-electron chi connectivity index (χ3n) is 4.72. The molecule has 1 aliphatic rings. The molecule has 1 unspecified atom stereocenters. The molecule has 0 bridgehead atoms. The minimum atomic E-state index is -0.318. The second-order valence-corrected chi connectivity index (χ2v) is 6.58. The lowest BCUT2D eigenvalue weighted by Gasteiger charge is -2.20. The van der Waals surface area contributed by atoms with Crippen molar-refractivity contribution in [2.24, 2.45) is 5.92 Å². The lowest BCUT2D eigenvalue weighted by molar-refractivity contribution is 0.495. The van der Waals surface area contributed by atoms with Crippen molar-refractivity contribution in [2.75, 3.05) is 0 Å². The maximum atomic E-state index is 13.8. The fourth-order valence-electron chi connectivity index (χ4n) is 3.35. The number of halogens is 1. The van der Waals surface area contributed by atoms with Crippen LogP contribution in [-0.2, 0) is 19.4 Å². The van der Waals surface area contributed by atoms with Gasteiger partial charge in [0.2, 0.25) is 0 Å². The van der Waals surface area contributed by atoms with Gasteiger partial charge in [-0.15, -0.1) is 0 Å². The molecule has 0 spiro atoms. The summed E-state index contributed by atoms with van der Waals surface area (Å²) in [6.45, 7) is 2.38. The molecule has 1 atom stereocenters. The van der Waals surface area contributed by atoms with Crippen molar-refractivity contribution >= 4 is 11.0 Å². The molecule has 0 saturated heterocycles. The highest BCUT2D eigenvalue weighted by molar-refractivity contribution is 5.74. The fourth-order valence-corrected chi connectivity index (χ4v) is 3.35. The van der Waals surface area contributed by atoms with Crippen LogP contribution >= 0.6 is 0 Å². The highest BCUT2D eigenvalue weighted by Gasteiger charge is 2.18. The number of rotatable bonds is 2. The molecule has 4 nitrogen and oxygen atoms in total. The van der Waals surface area contributed by atoms with Gasteiger partial charge in [-0.2, -0.15) is 0 Å². The SMILES string of the molecule is CC1CCc2nc3ncn(Cc4ccccc4F)c(=O)c3cc2C1. The third kappa shape index (κ3) is 2.60. The molecule has 1 aliphatic carbocycles. The number of aryl methyl sites for hydroxylation is 1. The van der Waals surface area contributed by atoms with Crippen LogP contribution in [0, 0.1) is 11.7 Å². The molecule has 0 saturated carbocycles. The summed E-state index contributed by atoms with van der Waals surface area (Å²) in [5.41, 5.74) is 2.98. The largest absolute Gasteiger partial charge is 0.294 e. The minimum absolute atomic E-state index is 0.169. The molecule has 3 aromatic rings. The fraction of sp³-hybridized carbons (Fsp3) is 0.316. The van der Waals surface area contributed by atoms with E-state index < -0.39 is 0 Å². The average molecular weight is 323 g/mol. The van der Waals surface area contributed by atoms with Crippen LogP contribution in [0.5, 0.6) is 0 Å². The summed E-state index contributed by atoms with van der Waals surface area (Å²) in [6.07, 6.45) is 4.46. The van der Waals surface area contributed by atoms with Gasteiger partial charge in [0, 0.05) is 11.3 Å². The van der Waals surface area contributed by atoms with Gasteiger partial charge in [-0.05, 0) is 42.9 Å². The number of hydrogen-bond donors (Lipinski definition) is 0. The van der Waals surface area contributed by atoms with Crippen molar-refractivity contribution in [3.8, 4) is 0 Å². The summed E-state index contributed by atoms with van der Waals surface area (Å²) in [4.78, 5) is 21.7. The van der Waals surface area contributed by atoms with Crippen LogP contribution in [0.4, 0.5) is 4.39 Å². The maximum absolute atomic E-state index is 13.8. The first-order valence-electron chi connectivity index (χ1n) is 8.23. The molecule has 0 radical (unpaired) electrons. The zero-order chi connectivity index (χ0) is 16.7. The first-order valence-corrected chi connectivity index (χ1v) is 8.23. The average Bonchev–Trinajstić information content (AvgIpc) is 2.58. The van der Waals surface area contributed by atoms with Gasteiger partial charge in [-0.25, -0.2) is 14.4 Å². The molecular formula is C19H18FN3O. The first-order chi connectivity index (χ1) is 11.6. The molecule has 0 N–H and O–H groups in total. The Morgan fingerprint density at radius 1 is 1.33 bits per heavy atom. The first kappa shape index (κ1) is 15.0. The van der Waals surface area contributed by atoms with E-state index in [-0.39, 0.29) is 17.9 Å².